The van der Waals surface area contributed by atoms with Crippen LogP contribution in [0.4, 0.5) is 10.2 Å². The molecule has 0 bridgehead atoms. The summed E-state index contributed by atoms with van der Waals surface area (Å²) in [6.45, 7) is 3.19. The number of halogens is 1. The Balaban J connectivity index is 2.12. The van der Waals surface area contributed by atoms with E-state index in [0.29, 0.717) is 5.69 Å². The van der Waals surface area contributed by atoms with E-state index in [4.69, 9.17) is 5.26 Å². The average molecular weight is 327 g/mol. The maximum Gasteiger partial charge on any atom is 0.246 e. The normalized spacial score (nSPS) is 9.88. The van der Waals surface area contributed by atoms with Crippen molar-refractivity contribution in [3.05, 3.63) is 54.5 Å². The number of likely N-dealkylation sites (N-methyl/N-ethyl adjacent to an activating group) is 1. The van der Waals surface area contributed by atoms with Crippen molar-refractivity contribution in [2.24, 2.45) is 0 Å². The lowest BCUT2D eigenvalue weighted by Gasteiger charge is -2.13. The molecule has 2 amide bonds. The number of aromatic nitrogens is 2. The van der Waals surface area contributed by atoms with Crippen LogP contribution in [0.15, 0.2) is 43.1 Å². The predicted molar refractivity (Wildman–Crippen MR) is 84.7 cm³/mol. The number of nitrogens with one attached hydrogen (secondary N) is 1. The van der Waals surface area contributed by atoms with E-state index < -0.39 is 11.7 Å². The third kappa shape index (κ3) is 3.84. The molecule has 0 spiro atoms. The summed E-state index contributed by atoms with van der Waals surface area (Å²) in [5.74, 6) is -1.09. The second kappa shape index (κ2) is 7.19. The molecule has 8 heteroatoms. The first-order chi connectivity index (χ1) is 11.4. The zero-order valence-corrected chi connectivity index (χ0v) is 12.9. The van der Waals surface area contributed by atoms with Gasteiger partial charge in [-0.15, -0.1) is 0 Å². The maximum absolute atomic E-state index is 13.2. The fourth-order valence-electron chi connectivity index (χ4n) is 1.95. The molecule has 0 saturated carbocycles. The molecule has 24 heavy (non-hydrogen) atoms. The fourth-order valence-corrected chi connectivity index (χ4v) is 1.95. The van der Waals surface area contributed by atoms with Crippen LogP contribution in [0.1, 0.15) is 5.56 Å². The monoisotopic (exact) mass is 327 g/mol. The van der Waals surface area contributed by atoms with Crippen LogP contribution in [0, 0.1) is 17.1 Å². The van der Waals surface area contributed by atoms with Crippen molar-refractivity contribution in [1.82, 2.24) is 14.7 Å². The highest BCUT2D eigenvalue weighted by Crippen LogP contribution is 2.16. The van der Waals surface area contributed by atoms with E-state index in [1.807, 2.05) is 6.07 Å². The van der Waals surface area contributed by atoms with Crippen LogP contribution in [0.25, 0.3) is 5.69 Å². The van der Waals surface area contributed by atoms with E-state index in [9.17, 15) is 14.0 Å². The van der Waals surface area contributed by atoms with Crippen LogP contribution in [0.5, 0.6) is 0 Å². The standard InChI is InChI=1S/C16H14FN5O2/c1-3-16(24)21(2)10-15(23)19-14-6-7-22(20-14)13-5-4-12(17)8-11(13)9-18/h3-8H,1,10H2,2H3,(H,19,20,23). The number of benzene rings is 1. The van der Waals surface area contributed by atoms with Crippen LogP contribution in [0.3, 0.4) is 0 Å². The van der Waals surface area contributed by atoms with Crippen molar-refractivity contribution in [2.75, 3.05) is 18.9 Å². The molecule has 0 unspecified atom stereocenters. The number of rotatable bonds is 5. The summed E-state index contributed by atoms with van der Waals surface area (Å²) in [7, 11) is 1.47. The zero-order valence-electron chi connectivity index (χ0n) is 12.9. The highest BCUT2D eigenvalue weighted by Gasteiger charge is 2.12. The van der Waals surface area contributed by atoms with Crippen molar-refractivity contribution in [1.29, 1.82) is 5.26 Å². The molecule has 1 aromatic heterocycles. The quantitative estimate of drug-likeness (QED) is 0.842. The Labute approximate surface area is 137 Å². The molecule has 0 radical (unpaired) electrons. The Kier molecular flexibility index (Phi) is 5.06. The predicted octanol–water partition coefficient (Wildman–Crippen LogP) is 1.47. The minimum absolute atomic E-state index is 0.118. The van der Waals surface area contributed by atoms with Gasteiger partial charge in [0, 0.05) is 19.3 Å². The number of nitriles is 1. The molecule has 122 valence electrons. The minimum Gasteiger partial charge on any atom is -0.333 e. The van der Waals surface area contributed by atoms with Crippen LogP contribution >= 0.6 is 0 Å². The second-order valence-corrected chi connectivity index (χ2v) is 4.87. The molecule has 0 aliphatic heterocycles. The van der Waals surface area contributed by atoms with Crippen LogP contribution in [-0.4, -0.2) is 40.1 Å². The molecule has 2 aromatic rings. The van der Waals surface area contributed by atoms with Crippen LogP contribution in [0.2, 0.25) is 0 Å². The summed E-state index contributed by atoms with van der Waals surface area (Å²) in [6.07, 6.45) is 2.64. The summed E-state index contributed by atoms with van der Waals surface area (Å²) in [6, 6.07) is 7.15. The van der Waals surface area contributed by atoms with Crippen LogP contribution in [-0.2, 0) is 9.59 Å². The van der Waals surface area contributed by atoms with E-state index >= 15 is 0 Å². The summed E-state index contributed by atoms with van der Waals surface area (Å²) in [5.41, 5.74) is 0.505. The summed E-state index contributed by atoms with van der Waals surface area (Å²) in [5, 5.41) is 15.7. The van der Waals surface area contributed by atoms with Crippen LogP contribution < -0.4 is 5.32 Å². The van der Waals surface area contributed by atoms with Crippen molar-refractivity contribution in [3.8, 4) is 11.8 Å². The van der Waals surface area contributed by atoms with Gasteiger partial charge in [-0.3, -0.25) is 9.59 Å². The molecular formula is C16H14FN5O2. The van der Waals surface area contributed by atoms with Gasteiger partial charge in [-0.2, -0.15) is 10.4 Å². The van der Waals surface area contributed by atoms with Gasteiger partial charge in [0.15, 0.2) is 5.82 Å². The van der Waals surface area contributed by atoms with Crippen molar-refractivity contribution in [2.45, 2.75) is 0 Å². The van der Waals surface area contributed by atoms with E-state index in [2.05, 4.69) is 17.0 Å². The highest BCUT2D eigenvalue weighted by atomic mass is 19.1. The highest BCUT2D eigenvalue weighted by molar-refractivity contribution is 5.95. The lowest BCUT2D eigenvalue weighted by atomic mass is 10.2. The number of carbonyl (C=O) groups is 2. The molecule has 0 aliphatic carbocycles. The average Bonchev–Trinajstić information content (AvgIpc) is 3.01. The molecule has 7 nitrogen and oxygen atoms in total. The molecule has 1 heterocycles. The Morgan fingerprint density at radius 2 is 2.25 bits per heavy atom. The van der Waals surface area contributed by atoms with Gasteiger partial charge in [-0.05, 0) is 24.3 Å². The molecule has 2 rings (SSSR count). The van der Waals surface area contributed by atoms with Gasteiger partial charge in [0.1, 0.15) is 11.9 Å². The van der Waals surface area contributed by atoms with Gasteiger partial charge in [0.25, 0.3) is 0 Å². The van der Waals surface area contributed by atoms with Crippen molar-refractivity contribution in [3.63, 3.8) is 0 Å². The van der Waals surface area contributed by atoms with Gasteiger partial charge in [-0.25, -0.2) is 9.07 Å². The number of anilines is 1. The Morgan fingerprint density at radius 3 is 2.92 bits per heavy atom. The lowest BCUT2D eigenvalue weighted by Crippen LogP contribution is -2.33. The topological polar surface area (TPSA) is 91.0 Å². The van der Waals surface area contributed by atoms with E-state index in [-0.39, 0.29) is 23.8 Å². The van der Waals surface area contributed by atoms with Gasteiger partial charge in [0.05, 0.1) is 17.8 Å². The van der Waals surface area contributed by atoms with E-state index in [1.165, 1.54) is 41.0 Å². The first-order valence-corrected chi connectivity index (χ1v) is 6.87. The number of nitrogens with zero attached hydrogens (tertiary/aromatic N) is 4. The van der Waals surface area contributed by atoms with Gasteiger partial charge in [0.2, 0.25) is 11.8 Å². The molecular weight excluding hydrogens is 313 g/mol. The first kappa shape index (κ1) is 16.9. The smallest absolute Gasteiger partial charge is 0.246 e. The lowest BCUT2D eigenvalue weighted by molar-refractivity contribution is -0.129. The van der Waals surface area contributed by atoms with Gasteiger partial charge in [-0.1, -0.05) is 6.58 Å². The number of hydrogen-bond acceptors (Lipinski definition) is 4. The summed E-state index contributed by atoms with van der Waals surface area (Å²) < 4.78 is 14.5. The third-order valence-electron chi connectivity index (χ3n) is 3.11. The Morgan fingerprint density at radius 1 is 1.50 bits per heavy atom. The number of hydrogen-bond donors (Lipinski definition) is 1. The van der Waals surface area contributed by atoms with Gasteiger partial charge < -0.3 is 10.2 Å². The molecule has 0 aliphatic rings. The van der Waals surface area contributed by atoms with E-state index in [1.54, 1.807) is 0 Å². The largest absolute Gasteiger partial charge is 0.333 e. The third-order valence-corrected chi connectivity index (χ3v) is 3.11. The fraction of sp³-hybridized carbons (Fsp3) is 0.125. The molecule has 0 atom stereocenters. The SMILES string of the molecule is C=CC(=O)N(C)CC(=O)Nc1ccn(-c2ccc(F)cc2C#N)n1. The first-order valence-electron chi connectivity index (χ1n) is 6.87. The van der Waals surface area contributed by atoms with Crippen molar-refractivity contribution < 1.29 is 14.0 Å². The van der Waals surface area contributed by atoms with E-state index in [0.717, 1.165) is 12.1 Å². The number of amides is 2. The molecule has 1 N–H and O–H groups in total. The molecule has 1 aromatic carbocycles. The van der Waals surface area contributed by atoms with Gasteiger partial charge >= 0.3 is 0 Å². The summed E-state index contributed by atoms with van der Waals surface area (Å²) >= 11 is 0. The minimum atomic E-state index is -0.522. The molecule has 0 fully saturated rings. The zero-order chi connectivity index (χ0) is 17.7. The van der Waals surface area contributed by atoms with Crippen molar-refractivity contribution >= 4 is 17.6 Å². The Bertz CT molecular complexity index is 837. The Hall–Kier alpha value is -3.47. The summed E-state index contributed by atoms with van der Waals surface area (Å²) in [4.78, 5) is 24.4. The second-order valence-electron chi connectivity index (χ2n) is 4.87. The molecule has 0 saturated heterocycles. The maximum atomic E-state index is 13.2. The number of carbonyl (C=O) groups excluding carboxylic acids is 2.